The Balaban J connectivity index is 1.86. The first-order valence-electron chi connectivity index (χ1n) is 6.73. The third-order valence-electron chi connectivity index (χ3n) is 4.18. The van der Waals surface area contributed by atoms with Gasteiger partial charge < -0.3 is 5.32 Å². The number of benzene rings is 1. The van der Waals surface area contributed by atoms with Crippen LogP contribution in [0.4, 0.5) is 0 Å². The van der Waals surface area contributed by atoms with Gasteiger partial charge in [-0.3, -0.25) is 0 Å². The Hall–Kier alpha value is 0.140. The molecule has 1 nitrogen and oxygen atoms in total. The molecule has 1 aromatic carbocycles. The SMILES string of the molecule is CC1CCC(NCc2ccc(Br)c(Br)c2)CC1C. The fourth-order valence-corrected chi connectivity index (χ4v) is 3.32. The molecule has 0 heterocycles. The van der Waals surface area contributed by atoms with Crippen molar-refractivity contribution in [3.8, 4) is 0 Å². The number of hydrogen-bond donors (Lipinski definition) is 1. The molecule has 1 N–H and O–H groups in total. The molecule has 0 aliphatic heterocycles. The molecule has 0 bridgehead atoms. The molecule has 3 unspecified atom stereocenters. The number of nitrogens with one attached hydrogen (secondary N) is 1. The molecular formula is C15H21Br2N. The number of hydrogen-bond acceptors (Lipinski definition) is 1. The first kappa shape index (κ1) is 14.5. The monoisotopic (exact) mass is 373 g/mol. The minimum absolute atomic E-state index is 0.693. The van der Waals surface area contributed by atoms with Gasteiger partial charge in [-0.1, -0.05) is 19.9 Å². The normalized spacial score (nSPS) is 28.3. The predicted octanol–water partition coefficient (Wildman–Crippen LogP) is 5.13. The lowest BCUT2D eigenvalue weighted by Gasteiger charge is -2.32. The highest BCUT2D eigenvalue weighted by molar-refractivity contribution is 9.13. The third-order valence-corrected chi connectivity index (χ3v) is 6.06. The second kappa shape index (κ2) is 6.53. The minimum Gasteiger partial charge on any atom is -0.310 e. The second-order valence-corrected chi connectivity index (χ2v) is 7.30. The van der Waals surface area contributed by atoms with Gasteiger partial charge in [-0.25, -0.2) is 0 Å². The van der Waals surface area contributed by atoms with Crippen LogP contribution in [0.2, 0.25) is 0 Å². The van der Waals surface area contributed by atoms with E-state index in [1.54, 1.807) is 0 Å². The highest BCUT2D eigenvalue weighted by Crippen LogP contribution is 2.29. The van der Waals surface area contributed by atoms with Crippen molar-refractivity contribution in [2.24, 2.45) is 11.8 Å². The molecular weight excluding hydrogens is 354 g/mol. The van der Waals surface area contributed by atoms with Crippen LogP contribution in [0, 0.1) is 11.8 Å². The Kier molecular flexibility index (Phi) is 5.28. The van der Waals surface area contributed by atoms with E-state index in [1.165, 1.54) is 24.8 Å². The van der Waals surface area contributed by atoms with Gasteiger partial charge >= 0.3 is 0 Å². The Labute approximate surface area is 127 Å². The van der Waals surface area contributed by atoms with E-state index in [4.69, 9.17) is 0 Å². The van der Waals surface area contributed by atoms with Gasteiger partial charge in [-0.2, -0.15) is 0 Å². The zero-order chi connectivity index (χ0) is 13.1. The molecule has 0 spiro atoms. The van der Waals surface area contributed by atoms with Crippen molar-refractivity contribution >= 4 is 31.9 Å². The summed E-state index contributed by atoms with van der Waals surface area (Å²) in [5.41, 5.74) is 1.34. The van der Waals surface area contributed by atoms with Crippen LogP contribution in [0.3, 0.4) is 0 Å². The predicted molar refractivity (Wildman–Crippen MR) is 84.6 cm³/mol. The highest BCUT2D eigenvalue weighted by Gasteiger charge is 2.23. The summed E-state index contributed by atoms with van der Waals surface area (Å²) in [4.78, 5) is 0. The van der Waals surface area contributed by atoms with Crippen molar-refractivity contribution in [3.05, 3.63) is 32.7 Å². The van der Waals surface area contributed by atoms with Crippen LogP contribution >= 0.6 is 31.9 Å². The first-order valence-corrected chi connectivity index (χ1v) is 8.32. The highest BCUT2D eigenvalue weighted by atomic mass is 79.9. The molecule has 1 fully saturated rings. The van der Waals surface area contributed by atoms with E-state index in [-0.39, 0.29) is 0 Å². The van der Waals surface area contributed by atoms with Crippen LogP contribution in [0.1, 0.15) is 38.7 Å². The van der Waals surface area contributed by atoms with Gasteiger partial charge in [0.1, 0.15) is 0 Å². The van der Waals surface area contributed by atoms with E-state index in [0.717, 1.165) is 27.3 Å². The van der Waals surface area contributed by atoms with Gasteiger partial charge in [-0.15, -0.1) is 0 Å². The van der Waals surface area contributed by atoms with Gasteiger partial charge in [0.05, 0.1) is 0 Å². The van der Waals surface area contributed by atoms with Gasteiger partial charge in [-0.05, 0) is 80.7 Å². The van der Waals surface area contributed by atoms with Gasteiger partial charge in [0.15, 0.2) is 0 Å². The lowest BCUT2D eigenvalue weighted by atomic mass is 9.79. The van der Waals surface area contributed by atoms with E-state index in [1.807, 2.05) is 0 Å². The van der Waals surface area contributed by atoms with Crippen LogP contribution in [-0.4, -0.2) is 6.04 Å². The molecule has 1 aliphatic carbocycles. The summed E-state index contributed by atoms with van der Waals surface area (Å²) in [5.74, 6) is 1.75. The van der Waals surface area contributed by atoms with E-state index in [9.17, 15) is 0 Å². The maximum atomic E-state index is 3.70. The van der Waals surface area contributed by atoms with E-state index in [0.29, 0.717) is 6.04 Å². The Morgan fingerprint density at radius 3 is 2.56 bits per heavy atom. The zero-order valence-electron chi connectivity index (χ0n) is 11.0. The molecule has 1 saturated carbocycles. The second-order valence-electron chi connectivity index (χ2n) is 5.59. The summed E-state index contributed by atoms with van der Waals surface area (Å²) in [6, 6.07) is 7.16. The fraction of sp³-hybridized carbons (Fsp3) is 0.600. The Morgan fingerprint density at radius 2 is 1.89 bits per heavy atom. The van der Waals surface area contributed by atoms with Crippen LogP contribution in [-0.2, 0) is 6.54 Å². The summed E-state index contributed by atoms with van der Waals surface area (Å²) in [6.07, 6.45) is 4.00. The molecule has 0 aromatic heterocycles. The third kappa shape index (κ3) is 3.82. The molecule has 1 aliphatic rings. The molecule has 2 rings (SSSR count). The smallest absolute Gasteiger partial charge is 0.0320 e. The van der Waals surface area contributed by atoms with Crippen molar-refractivity contribution in [2.75, 3.05) is 0 Å². The topological polar surface area (TPSA) is 12.0 Å². The van der Waals surface area contributed by atoms with Crippen LogP contribution in [0.15, 0.2) is 27.1 Å². The zero-order valence-corrected chi connectivity index (χ0v) is 14.2. The number of rotatable bonds is 3. The van der Waals surface area contributed by atoms with Crippen molar-refractivity contribution in [1.82, 2.24) is 5.32 Å². The standard InChI is InChI=1S/C15H21Br2N/c1-10-3-5-13(7-11(10)2)18-9-12-4-6-14(16)15(17)8-12/h4,6,8,10-11,13,18H,3,5,7,9H2,1-2H3. The van der Waals surface area contributed by atoms with Crippen molar-refractivity contribution in [3.63, 3.8) is 0 Å². The summed E-state index contributed by atoms with van der Waals surface area (Å²) in [7, 11) is 0. The Bertz CT molecular complexity index is 405. The number of halogens is 2. The molecule has 100 valence electrons. The summed E-state index contributed by atoms with van der Waals surface area (Å²) in [6.45, 7) is 5.74. The molecule has 1 aromatic rings. The molecule has 0 amide bonds. The van der Waals surface area contributed by atoms with Crippen molar-refractivity contribution < 1.29 is 0 Å². The summed E-state index contributed by atoms with van der Waals surface area (Å²) >= 11 is 7.06. The Morgan fingerprint density at radius 1 is 1.11 bits per heavy atom. The fourth-order valence-electron chi connectivity index (χ4n) is 2.64. The van der Waals surface area contributed by atoms with E-state index in [2.05, 4.69) is 69.2 Å². The molecule has 0 saturated heterocycles. The first-order chi connectivity index (χ1) is 8.56. The maximum Gasteiger partial charge on any atom is 0.0320 e. The maximum absolute atomic E-state index is 3.70. The van der Waals surface area contributed by atoms with Crippen LogP contribution in [0.25, 0.3) is 0 Å². The molecule has 18 heavy (non-hydrogen) atoms. The lowest BCUT2D eigenvalue weighted by molar-refractivity contribution is 0.225. The molecule has 3 heteroatoms. The van der Waals surface area contributed by atoms with Crippen LogP contribution < -0.4 is 5.32 Å². The largest absolute Gasteiger partial charge is 0.310 e. The molecule has 0 radical (unpaired) electrons. The minimum atomic E-state index is 0.693. The molecule has 3 atom stereocenters. The lowest BCUT2D eigenvalue weighted by Crippen LogP contribution is -2.35. The van der Waals surface area contributed by atoms with Crippen molar-refractivity contribution in [1.29, 1.82) is 0 Å². The quantitative estimate of drug-likeness (QED) is 0.773. The average Bonchev–Trinajstić information content (AvgIpc) is 2.35. The van der Waals surface area contributed by atoms with Gasteiger partial charge in [0.2, 0.25) is 0 Å². The van der Waals surface area contributed by atoms with E-state index >= 15 is 0 Å². The van der Waals surface area contributed by atoms with Gasteiger partial charge in [0.25, 0.3) is 0 Å². The van der Waals surface area contributed by atoms with Crippen molar-refractivity contribution in [2.45, 2.75) is 45.7 Å². The summed E-state index contributed by atoms with van der Waals surface area (Å²) in [5, 5.41) is 3.70. The van der Waals surface area contributed by atoms with Crippen LogP contribution in [0.5, 0.6) is 0 Å². The van der Waals surface area contributed by atoms with E-state index < -0.39 is 0 Å². The average molecular weight is 375 g/mol. The summed E-state index contributed by atoms with van der Waals surface area (Å²) < 4.78 is 2.25. The van der Waals surface area contributed by atoms with Gasteiger partial charge in [0, 0.05) is 21.5 Å².